The van der Waals surface area contributed by atoms with Crippen molar-refractivity contribution in [3.8, 4) is 17.0 Å². The number of nitrogens with zero attached hydrogens (tertiary/aromatic N) is 3. The fourth-order valence-corrected chi connectivity index (χ4v) is 1.94. The molecular weight excluding hydrogens is 290 g/mol. The Kier molecular flexibility index (Phi) is 3.85. The Hall–Kier alpha value is -2.90. The van der Waals surface area contributed by atoms with Gasteiger partial charge in [0, 0.05) is 5.56 Å². The maximum absolute atomic E-state index is 11.4. The van der Waals surface area contributed by atoms with E-state index in [9.17, 15) is 19.8 Å². The van der Waals surface area contributed by atoms with Gasteiger partial charge in [0.15, 0.2) is 11.2 Å². The van der Waals surface area contributed by atoms with Crippen LogP contribution >= 0.6 is 0 Å². The molecule has 2 aromatic rings. The largest absolute Gasteiger partial charge is 0.497 e. The SMILES string of the molecule is COc1cccc(-c2c(C(=O)O)nnn2C(C)(C)C(=O)O)c1. The van der Waals surface area contributed by atoms with E-state index in [1.165, 1.54) is 21.0 Å². The molecule has 0 amide bonds. The van der Waals surface area contributed by atoms with Crippen molar-refractivity contribution < 1.29 is 24.5 Å². The van der Waals surface area contributed by atoms with Crippen LogP contribution in [0.15, 0.2) is 24.3 Å². The Bertz CT molecular complexity index is 736. The van der Waals surface area contributed by atoms with Gasteiger partial charge in [-0.1, -0.05) is 17.3 Å². The lowest BCUT2D eigenvalue weighted by Gasteiger charge is -2.22. The van der Waals surface area contributed by atoms with Crippen molar-refractivity contribution in [2.45, 2.75) is 19.4 Å². The topological polar surface area (TPSA) is 115 Å². The van der Waals surface area contributed by atoms with E-state index in [0.29, 0.717) is 11.3 Å². The first-order chi connectivity index (χ1) is 10.3. The lowest BCUT2D eigenvalue weighted by molar-refractivity contribution is -0.146. The minimum Gasteiger partial charge on any atom is -0.497 e. The highest BCUT2D eigenvalue weighted by atomic mass is 16.5. The molecule has 0 aliphatic carbocycles. The lowest BCUT2D eigenvalue weighted by atomic mass is 10.0. The number of aromatic carboxylic acids is 1. The first kappa shape index (κ1) is 15.5. The van der Waals surface area contributed by atoms with E-state index in [0.717, 1.165) is 4.68 Å². The van der Waals surface area contributed by atoms with Gasteiger partial charge in [-0.3, -0.25) is 0 Å². The summed E-state index contributed by atoms with van der Waals surface area (Å²) < 4.78 is 6.20. The highest BCUT2D eigenvalue weighted by molar-refractivity contribution is 5.93. The number of aliphatic carboxylic acids is 1. The normalized spacial score (nSPS) is 11.2. The van der Waals surface area contributed by atoms with Gasteiger partial charge in [-0.25, -0.2) is 14.3 Å². The summed E-state index contributed by atoms with van der Waals surface area (Å²) in [6, 6.07) is 6.60. The summed E-state index contributed by atoms with van der Waals surface area (Å²) >= 11 is 0. The average molecular weight is 305 g/mol. The van der Waals surface area contributed by atoms with E-state index in [2.05, 4.69) is 10.3 Å². The van der Waals surface area contributed by atoms with Crippen LogP contribution in [0.5, 0.6) is 5.75 Å². The zero-order chi connectivity index (χ0) is 16.5. The molecule has 1 heterocycles. The van der Waals surface area contributed by atoms with Crippen LogP contribution in [0.1, 0.15) is 24.3 Å². The molecule has 0 saturated heterocycles. The summed E-state index contributed by atoms with van der Waals surface area (Å²) in [5.74, 6) is -1.93. The minimum absolute atomic E-state index is 0.110. The standard InChI is InChI=1S/C14H15N3O5/c1-14(2,13(20)21)17-11(10(12(18)19)15-16-17)8-5-4-6-9(7-8)22-3/h4-7H,1-3H3,(H,18,19)(H,20,21). The van der Waals surface area contributed by atoms with Gasteiger partial charge < -0.3 is 14.9 Å². The molecule has 116 valence electrons. The Morgan fingerprint density at radius 2 is 1.95 bits per heavy atom. The first-order valence-electron chi connectivity index (χ1n) is 6.36. The summed E-state index contributed by atoms with van der Waals surface area (Å²) in [5, 5.41) is 26.0. The molecule has 2 N–H and O–H groups in total. The predicted molar refractivity (Wildman–Crippen MR) is 75.9 cm³/mol. The molecule has 0 fully saturated rings. The number of hydrogen-bond acceptors (Lipinski definition) is 5. The van der Waals surface area contributed by atoms with Crippen molar-refractivity contribution in [3.05, 3.63) is 30.0 Å². The zero-order valence-electron chi connectivity index (χ0n) is 12.3. The Labute approximate surface area is 125 Å². The number of carboxylic acids is 2. The predicted octanol–water partition coefficient (Wildman–Crippen LogP) is 1.47. The molecule has 1 aromatic carbocycles. The summed E-state index contributed by atoms with van der Waals surface area (Å²) in [4.78, 5) is 22.8. The van der Waals surface area contributed by atoms with Crippen LogP contribution in [0.25, 0.3) is 11.3 Å². The van der Waals surface area contributed by atoms with Crippen molar-refractivity contribution in [3.63, 3.8) is 0 Å². The number of carbonyl (C=O) groups is 2. The Morgan fingerprint density at radius 3 is 2.50 bits per heavy atom. The third kappa shape index (κ3) is 2.50. The van der Waals surface area contributed by atoms with Gasteiger partial charge in [-0.2, -0.15) is 0 Å². The van der Waals surface area contributed by atoms with Crippen LogP contribution in [0.3, 0.4) is 0 Å². The van der Waals surface area contributed by atoms with Gasteiger partial charge >= 0.3 is 11.9 Å². The molecule has 0 radical (unpaired) electrons. The number of ether oxygens (including phenoxy) is 1. The minimum atomic E-state index is -1.46. The second kappa shape index (κ2) is 5.47. The van der Waals surface area contributed by atoms with E-state index in [1.807, 2.05) is 0 Å². The number of benzene rings is 1. The third-order valence-corrected chi connectivity index (χ3v) is 3.27. The molecule has 0 saturated carbocycles. The van der Waals surface area contributed by atoms with Crippen molar-refractivity contribution >= 4 is 11.9 Å². The fourth-order valence-electron chi connectivity index (χ4n) is 1.94. The smallest absolute Gasteiger partial charge is 0.358 e. The first-order valence-corrected chi connectivity index (χ1v) is 6.36. The van der Waals surface area contributed by atoms with E-state index in [-0.39, 0.29) is 11.4 Å². The Morgan fingerprint density at radius 1 is 1.27 bits per heavy atom. The molecule has 0 atom stereocenters. The molecule has 0 aliphatic rings. The third-order valence-electron chi connectivity index (χ3n) is 3.27. The van der Waals surface area contributed by atoms with E-state index in [1.54, 1.807) is 24.3 Å². The summed E-state index contributed by atoms with van der Waals surface area (Å²) in [5.41, 5.74) is -1.21. The van der Waals surface area contributed by atoms with E-state index >= 15 is 0 Å². The highest BCUT2D eigenvalue weighted by Crippen LogP contribution is 2.30. The van der Waals surface area contributed by atoms with Crippen LogP contribution < -0.4 is 4.74 Å². The molecule has 8 nitrogen and oxygen atoms in total. The van der Waals surface area contributed by atoms with Crippen molar-refractivity contribution in [1.29, 1.82) is 0 Å². The summed E-state index contributed by atoms with van der Waals surface area (Å²) in [6.07, 6.45) is 0. The zero-order valence-corrected chi connectivity index (χ0v) is 12.3. The molecule has 1 aromatic heterocycles. The number of rotatable bonds is 5. The maximum Gasteiger partial charge on any atom is 0.358 e. The highest BCUT2D eigenvalue weighted by Gasteiger charge is 2.36. The molecule has 22 heavy (non-hydrogen) atoms. The van der Waals surface area contributed by atoms with Gasteiger partial charge in [0.05, 0.1) is 7.11 Å². The quantitative estimate of drug-likeness (QED) is 0.859. The van der Waals surface area contributed by atoms with Gasteiger partial charge in [0.2, 0.25) is 0 Å². The number of carboxylic acid groups (broad SMARTS) is 2. The summed E-state index contributed by atoms with van der Waals surface area (Å²) in [7, 11) is 1.48. The molecule has 0 spiro atoms. The maximum atomic E-state index is 11.4. The van der Waals surface area contributed by atoms with Crippen LogP contribution in [0.4, 0.5) is 0 Å². The number of hydrogen-bond donors (Lipinski definition) is 2. The van der Waals surface area contributed by atoms with E-state index < -0.39 is 17.5 Å². The van der Waals surface area contributed by atoms with Crippen LogP contribution in [0, 0.1) is 0 Å². The van der Waals surface area contributed by atoms with E-state index in [4.69, 9.17) is 4.74 Å². The van der Waals surface area contributed by atoms with Gasteiger partial charge in [0.25, 0.3) is 0 Å². The molecule has 0 bridgehead atoms. The molecule has 0 unspecified atom stereocenters. The summed E-state index contributed by atoms with van der Waals surface area (Å²) in [6.45, 7) is 2.83. The molecular formula is C14H15N3O5. The average Bonchev–Trinajstić information content (AvgIpc) is 2.92. The second-order valence-electron chi connectivity index (χ2n) is 5.10. The fraction of sp³-hybridized carbons (Fsp3) is 0.286. The van der Waals surface area contributed by atoms with Gasteiger partial charge in [0.1, 0.15) is 11.4 Å². The van der Waals surface area contributed by atoms with Crippen molar-refractivity contribution in [1.82, 2.24) is 15.0 Å². The second-order valence-corrected chi connectivity index (χ2v) is 5.10. The van der Waals surface area contributed by atoms with Crippen LogP contribution in [-0.4, -0.2) is 44.3 Å². The molecule has 2 rings (SSSR count). The van der Waals surface area contributed by atoms with Crippen LogP contribution in [0.2, 0.25) is 0 Å². The lowest BCUT2D eigenvalue weighted by Crippen LogP contribution is -2.37. The van der Waals surface area contributed by atoms with Gasteiger partial charge in [-0.05, 0) is 26.0 Å². The number of methoxy groups -OCH3 is 1. The van der Waals surface area contributed by atoms with Crippen LogP contribution in [-0.2, 0) is 10.3 Å². The van der Waals surface area contributed by atoms with Crippen molar-refractivity contribution in [2.24, 2.45) is 0 Å². The molecule has 8 heteroatoms. The van der Waals surface area contributed by atoms with Crippen molar-refractivity contribution in [2.75, 3.05) is 7.11 Å². The Balaban J connectivity index is 2.74. The molecule has 0 aliphatic heterocycles. The van der Waals surface area contributed by atoms with Gasteiger partial charge in [-0.15, -0.1) is 5.10 Å². The monoisotopic (exact) mass is 305 g/mol. The number of aromatic nitrogens is 3.